The fourth-order valence-electron chi connectivity index (χ4n) is 4.87. The lowest BCUT2D eigenvalue weighted by atomic mass is 10.1. The molecule has 0 aromatic heterocycles. The normalized spacial score (nSPS) is 21.9. The van der Waals surface area contributed by atoms with Crippen molar-refractivity contribution in [2.45, 2.75) is 36.6 Å². The van der Waals surface area contributed by atoms with Crippen molar-refractivity contribution in [1.82, 2.24) is 19.4 Å². The second-order valence-corrected chi connectivity index (χ2v) is 10.8. The van der Waals surface area contributed by atoms with Crippen LogP contribution >= 0.6 is 0 Å². The zero-order chi connectivity index (χ0) is 23.0. The van der Waals surface area contributed by atoms with E-state index in [0.29, 0.717) is 37.5 Å². The first-order valence-corrected chi connectivity index (χ1v) is 12.9. The number of hydrogen-bond donors (Lipinski definition) is 1. The number of hydrogen-bond acceptors (Lipinski definition) is 5. The first kappa shape index (κ1) is 22.1. The molecule has 174 valence electrons. The van der Waals surface area contributed by atoms with E-state index < -0.39 is 22.1 Å². The van der Waals surface area contributed by atoms with Crippen LogP contribution in [-0.4, -0.2) is 73.4 Å². The zero-order valence-electron chi connectivity index (χ0n) is 18.4. The number of nitrogens with zero attached hydrogens (tertiary/aromatic N) is 3. The molecule has 2 heterocycles. The molecule has 3 amide bonds. The molecule has 2 aromatic rings. The van der Waals surface area contributed by atoms with E-state index in [0.717, 1.165) is 30.4 Å². The second-order valence-electron chi connectivity index (χ2n) is 8.91. The minimum atomic E-state index is -3.55. The average Bonchev–Trinajstić information content (AvgIpc) is 3.40. The van der Waals surface area contributed by atoms with E-state index in [-0.39, 0.29) is 12.6 Å². The molecule has 8 nitrogen and oxygen atoms in total. The molecule has 2 aliphatic heterocycles. The fraction of sp³-hybridized carbons (Fsp3) is 0.417. The summed E-state index contributed by atoms with van der Waals surface area (Å²) in [6, 6.07) is 14.1. The zero-order valence-corrected chi connectivity index (χ0v) is 19.3. The van der Waals surface area contributed by atoms with E-state index in [4.69, 9.17) is 0 Å². The molecule has 2 saturated heterocycles. The average molecular weight is 469 g/mol. The minimum absolute atomic E-state index is 0.169. The smallest absolute Gasteiger partial charge is 0.325 e. The molecule has 1 aliphatic carbocycles. The van der Waals surface area contributed by atoms with Crippen LogP contribution in [-0.2, 0) is 34.1 Å². The molecule has 0 radical (unpaired) electrons. The first-order chi connectivity index (χ1) is 15.9. The lowest BCUT2D eigenvalue weighted by Crippen LogP contribution is -2.52. The molecule has 0 saturated carbocycles. The summed E-state index contributed by atoms with van der Waals surface area (Å²) >= 11 is 0. The van der Waals surface area contributed by atoms with Crippen LogP contribution in [0.5, 0.6) is 0 Å². The Morgan fingerprint density at radius 1 is 0.909 bits per heavy atom. The quantitative estimate of drug-likeness (QED) is 0.651. The Balaban J connectivity index is 1.18. The van der Waals surface area contributed by atoms with Gasteiger partial charge in [0.15, 0.2) is 0 Å². The highest BCUT2D eigenvalue weighted by Crippen LogP contribution is 2.27. The lowest BCUT2D eigenvalue weighted by Gasteiger charge is -2.35. The number of carbonyl (C=O) groups excluding carboxylic acids is 2. The van der Waals surface area contributed by atoms with Crippen molar-refractivity contribution in [3.63, 3.8) is 0 Å². The number of fused-ring (bicyclic) bond motifs is 1. The van der Waals surface area contributed by atoms with Crippen LogP contribution in [0, 0.1) is 0 Å². The van der Waals surface area contributed by atoms with Gasteiger partial charge in [-0.2, -0.15) is 4.31 Å². The largest absolute Gasteiger partial charge is 0.325 e. The van der Waals surface area contributed by atoms with Crippen LogP contribution in [0.25, 0.3) is 0 Å². The molecule has 9 heteroatoms. The minimum Gasteiger partial charge on any atom is -0.325 e. The number of sulfonamides is 1. The van der Waals surface area contributed by atoms with Gasteiger partial charge < -0.3 is 5.32 Å². The van der Waals surface area contributed by atoms with E-state index >= 15 is 0 Å². The summed E-state index contributed by atoms with van der Waals surface area (Å²) in [7, 11) is -3.55. The van der Waals surface area contributed by atoms with Gasteiger partial charge in [0.25, 0.3) is 5.91 Å². The molecular formula is C24H28N4O4S. The second kappa shape index (κ2) is 8.89. The summed E-state index contributed by atoms with van der Waals surface area (Å²) in [5.74, 6) is -0.239. The van der Waals surface area contributed by atoms with E-state index in [9.17, 15) is 18.0 Å². The topological polar surface area (TPSA) is 90.0 Å². The number of imide groups is 1. The molecule has 33 heavy (non-hydrogen) atoms. The van der Waals surface area contributed by atoms with Gasteiger partial charge in [0.05, 0.1) is 11.6 Å². The Morgan fingerprint density at radius 2 is 1.64 bits per heavy atom. The van der Waals surface area contributed by atoms with Crippen LogP contribution in [0.2, 0.25) is 0 Å². The third kappa shape index (κ3) is 4.40. The number of aryl methyl sites for hydroxylation is 2. The van der Waals surface area contributed by atoms with Crippen LogP contribution in [0.3, 0.4) is 0 Å². The fourth-order valence-corrected chi connectivity index (χ4v) is 6.34. The third-order valence-corrected chi connectivity index (χ3v) is 8.66. The predicted molar refractivity (Wildman–Crippen MR) is 123 cm³/mol. The molecule has 2 fully saturated rings. The highest BCUT2D eigenvalue weighted by atomic mass is 32.2. The van der Waals surface area contributed by atoms with Crippen molar-refractivity contribution in [1.29, 1.82) is 0 Å². The standard InChI is InChI=1S/C24H28N4O4S/c29-23-22(15-18-5-2-1-3-6-18)25-24(30)28(23)17-26-11-13-27(14-12-26)33(31,32)21-10-9-19-7-4-8-20(19)16-21/h1-3,5-6,9-10,16,22H,4,7-8,11-15,17H2,(H,25,30). The molecule has 2 aromatic carbocycles. The van der Waals surface area contributed by atoms with E-state index in [1.54, 1.807) is 6.07 Å². The molecule has 1 atom stereocenters. The van der Waals surface area contributed by atoms with Crippen molar-refractivity contribution in [3.8, 4) is 0 Å². The van der Waals surface area contributed by atoms with Crippen molar-refractivity contribution >= 4 is 22.0 Å². The van der Waals surface area contributed by atoms with Gasteiger partial charge in [-0.25, -0.2) is 18.1 Å². The van der Waals surface area contributed by atoms with Gasteiger partial charge in [0, 0.05) is 32.6 Å². The lowest BCUT2D eigenvalue weighted by molar-refractivity contribution is -0.129. The number of piperazine rings is 1. The van der Waals surface area contributed by atoms with Gasteiger partial charge in [0.2, 0.25) is 10.0 Å². The summed E-state index contributed by atoms with van der Waals surface area (Å²) in [5.41, 5.74) is 3.37. The molecule has 3 aliphatic rings. The van der Waals surface area contributed by atoms with Crippen molar-refractivity contribution in [2.24, 2.45) is 0 Å². The Morgan fingerprint density at radius 3 is 2.39 bits per heavy atom. The summed E-state index contributed by atoms with van der Waals surface area (Å²) in [5, 5.41) is 2.77. The van der Waals surface area contributed by atoms with Crippen LogP contribution in [0.4, 0.5) is 4.79 Å². The highest BCUT2D eigenvalue weighted by Gasteiger charge is 2.39. The van der Waals surface area contributed by atoms with Gasteiger partial charge >= 0.3 is 6.03 Å². The molecular weight excluding hydrogens is 440 g/mol. The third-order valence-electron chi connectivity index (χ3n) is 6.77. The number of rotatable bonds is 6. The molecule has 1 unspecified atom stereocenters. The maximum atomic E-state index is 13.1. The summed E-state index contributed by atoms with van der Waals surface area (Å²) < 4.78 is 27.8. The van der Waals surface area contributed by atoms with Crippen LogP contribution < -0.4 is 5.32 Å². The maximum absolute atomic E-state index is 13.1. The van der Waals surface area contributed by atoms with Gasteiger partial charge in [-0.1, -0.05) is 36.4 Å². The Kier molecular flexibility index (Phi) is 5.94. The van der Waals surface area contributed by atoms with E-state index in [1.807, 2.05) is 47.4 Å². The molecule has 1 N–H and O–H groups in total. The highest BCUT2D eigenvalue weighted by molar-refractivity contribution is 7.89. The summed E-state index contributed by atoms with van der Waals surface area (Å²) in [6.07, 6.45) is 3.48. The Hall–Kier alpha value is -2.75. The monoisotopic (exact) mass is 468 g/mol. The van der Waals surface area contributed by atoms with Gasteiger partial charge in [-0.05, 0) is 48.1 Å². The van der Waals surface area contributed by atoms with Gasteiger partial charge in [0.1, 0.15) is 6.04 Å². The number of benzene rings is 2. The maximum Gasteiger partial charge on any atom is 0.325 e. The molecule has 0 bridgehead atoms. The summed E-state index contributed by atoms with van der Waals surface area (Å²) in [6.45, 7) is 1.75. The van der Waals surface area contributed by atoms with E-state index in [2.05, 4.69) is 5.32 Å². The van der Waals surface area contributed by atoms with Gasteiger partial charge in [-0.3, -0.25) is 9.69 Å². The van der Waals surface area contributed by atoms with Crippen molar-refractivity contribution in [3.05, 3.63) is 65.2 Å². The number of nitrogens with one attached hydrogen (secondary N) is 1. The Labute approximate surface area is 194 Å². The summed E-state index contributed by atoms with van der Waals surface area (Å²) in [4.78, 5) is 28.8. The van der Waals surface area contributed by atoms with Crippen LogP contribution in [0.1, 0.15) is 23.1 Å². The molecule has 0 spiro atoms. The van der Waals surface area contributed by atoms with Crippen LogP contribution in [0.15, 0.2) is 53.4 Å². The van der Waals surface area contributed by atoms with Crippen molar-refractivity contribution in [2.75, 3.05) is 32.8 Å². The SMILES string of the molecule is O=C1NC(Cc2ccccc2)C(=O)N1CN1CCN(S(=O)(=O)c2ccc3c(c2)CCC3)CC1. The Bertz CT molecular complexity index is 1160. The number of carbonyl (C=O) groups is 2. The number of urea groups is 1. The number of amides is 3. The van der Waals surface area contributed by atoms with E-state index in [1.165, 1.54) is 14.8 Å². The van der Waals surface area contributed by atoms with Gasteiger partial charge in [-0.15, -0.1) is 0 Å². The first-order valence-electron chi connectivity index (χ1n) is 11.4. The predicted octanol–water partition coefficient (Wildman–Crippen LogP) is 1.60. The molecule has 5 rings (SSSR count). The van der Waals surface area contributed by atoms with Crippen molar-refractivity contribution < 1.29 is 18.0 Å².